The second-order valence-electron chi connectivity index (χ2n) is 20.4. The van der Waals surface area contributed by atoms with Crippen molar-refractivity contribution in [3.05, 3.63) is 88.0 Å². The smallest absolute Gasteiger partial charge is 0.453 e. The van der Waals surface area contributed by atoms with Crippen molar-refractivity contribution in [2.24, 2.45) is 11.8 Å². The minimum Gasteiger partial charge on any atom is -0.453 e. The molecule has 5 heterocycles. The summed E-state index contributed by atoms with van der Waals surface area (Å²) in [6.07, 6.45) is 2.53. The number of nitrogens with one attached hydrogen (secondary N) is 3. The third-order valence-corrected chi connectivity index (χ3v) is 14.4. The summed E-state index contributed by atoms with van der Waals surface area (Å²) >= 11 is 0. The molecule has 2 unspecified atom stereocenters. The maximum atomic E-state index is 14.0. The highest BCUT2D eigenvalue weighted by molar-refractivity contribution is 5.87. The van der Waals surface area contributed by atoms with Gasteiger partial charge in [0.2, 0.25) is 5.91 Å². The first-order valence-electron chi connectivity index (χ1n) is 24.0. The Morgan fingerprint density at radius 2 is 1.18 bits per heavy atom. The number of methoxy groups -OCH3 is 2. The van der Waals surface area contributed by atoms with Crippen molar-refractivity contribution in [2.45, 2.75) is 143 Å². The van der Waals surface area contributed by atoms with E-state index in [4.69, 9.17) is 24.2 Å². The Balaban J connectivity index is 1.12. The predicted octanol–water partition coefficient (Wildman–Crippen LogP) is 9.95. The van der Waals surface area contributed by atoms with E-state index < -0.39 is 24.4 Å². The van der Waals surface area contributed by atoms with Gasteiger partial charge in [-0.15, -0.1) is 0 Å². The van der Waals surface area contributed by atoms with E-state index in [2.05, 4.69) is 103 Å². The number of amides is 3. The molecule has 2 aromatic heterocycles. The summed E-state index contributed by atoms with van der Waals surface area (Å²) in [6.45, 7) is 19.7. The van der Waals surface area contributed by atoms with E-state index in [0.717, 1.165) is 89.1 Å². The number of likely N-dealkylation sites (tertiary alicyclic amines) is 2. The molecular weight excluding hydrogens is 849 g/mol. The quantitative estimate of drug-likeness (QED) is 0.108. The normalized spacial score (nSPS) is 20.9. The SMILES string of the molecule is COC(=O)NC(C(=O)N1CCC[C@H]1c1nc2c(C)c([C@H]3CC[C@@H](c4ccc5[nH]c([C@@H]6CCCN6C(=O)C(OC(=O)OC)C(C)C)nc5c4C)N3c3ccc(C(C)(C)C)cc3)ccc2[nH]1)C(C)C. The summed E-state index contributed by atoms with van der Waals surface area (Å²) in [4.78, 5) is 76.1. The number of benzene rings is 3. The van der Waals surface area contributed by atoms with Crippen molar-refractivity contribution in [1.29, 1.82) is 0 Å². The van der Waals surface area contributed by atoms with Crippen LogP contribution in [-0.4, -0.2) is 93.3 Å². The lowest BCUT2D eigenvalue weighted by Crippen LogP contribution is -2.51. The van der Waals surface area contributed by atoms with E-state index in [-0.39, 0.29) is 53.2 Å². The minimum atomic E-state index is -0.960. The number of hydrogen-bond donors (Lipinski definition) is 3. The van der Waals surface area contributed by atoms with Crippen LogP contribution >= 0.6 is 0 Å². The molecule has 0 saturated carbocycles. The molecule has 0 spiro atoms. The monoisotopic (exact) mass is 917 g/mol. The first-order valence-corrected chi connectivity index (χ1v) is 24.0. The third kappa shape index (κ3) is 9.05. The lowest BCUT2D eigenvalue weighted by Gasteiger charge is -2.35. The average Bonchev–Trinajstić information content (AvgIpc) is 4.15. The van der Waals surface area contributed by atoms with Gasteiger partial charge in [-0.1, -0.05) is 72.7 Å². The number of imidazole rings is 2. The second-order valence-corrected chi connectivity index (χ2v) is 20.4. The fraction of sp³-hybridized carbons (Fsp3) is 0.538. The van der Waals surface area contributed by atoms with Crippen molar-refractivity contribution >= 4 is 51.8 Å². The van der Waals surface area contributed by atoms with Crippen molar-refractivity contribution < 1.29 is 33.4 Å². The first-order chi connectivity index (χ1) is 31.9. The topological polar surface area (TPSA) is 175 Å². The summed E-state index contributed by atoms with van der Waals surface area (Å²) in [7, 11) is 2.55. The van der Waals surface area contributed by atoms with Gasteiger partial charge in [-0.2, -0.15) is 0 Å². The molecule has 3 aromatic carbocycles. The number of anilines is 1. The zero-order valence-corrected chi connectivity index (χ0v) is 41.0. The number of nitrogens with zero attached hydrogens (tertiary/aromatic N) is 5. The molecule has 3 amide bonds. The Hall–Kier alpha value is -6.12. The predicted molar refractivity (Wildman–Crippen MR) is 258 cm³/mol. The lowest BCUT2D eigenvalue weighted by molar-refractivity contribution is -0.145. The van der Waals surface area contributed by atoms with Gasteiger partial charge in [-0.25, -0.2) is 19.6 Å². The van der Waals surface area contributed by atoms with Gasteiger partial charge in [-0.3, -0.25) is 9.59 Å². The highest BCUT2D eigenvalue weighted by atomic mass is 16.7. The van der Waals surface area contributed by atoms with Crippen LogP contribution in [0.3, 0.4) is 0 Å². The standard InChI is InChI=1S/C52H68N8O7/c1-28(2)42(57-50(63)65-10)48(61)58-26-12-14-40(58)46-53-36-22-20-34(30(5)43(36)55-46)38-24-25-39(60(38)33-18-16-32(17-19-33)52(7,8)9)35-21-23-37-44(31(35)6)56-47(54-37)41-15-13-27-59(41)49(62)45(29(3)4)67-51(64)66-11/h16-23,28-29,38-42,45H,12-15,24-27H2,1-11H3,(H,53,55)(H,54,56)(H,57,63)/t38-,39+,40+,41+,42?,45?/m1/s1. The maximum Gasteiger partial charge on any atom is 0.508 e. The molecule has 15 nitrogen and oxygen atoms in total. The fourth-order valence-electron chi connectivity index (χ4n) is 10.7. The zero-order chi connectivity index (χ0) is 48.1. The summed E-state index contributed by atoms with van der Waals surface area (Å²) in [5, 5.41) is 2.75. The molecule has 5 aromatic rings. The maximum absolute atomic E-state index is 14.0. The molecule has 67 heavy (non-hydrogen) atoms. The Bertz CT molecular complexity index is 2490. The van der Waals surface area contributed by atoms with Crippen molar-refractivity contribution in [2.75, 3.05) is 32.2 Å². The second kappa shape index (κ2) is 18.9. The molecule has 0 bridgehead atoms. The molecule has 3 fully saturated rings. The molecule has 6 atom stereocenters. The molecule has 15 heteroatoms. The molecule has 358 valence electrons. The van der Waals surface area contributed by atoms with Gasteiger partial charge in [0.1, 0.15) is 17.7 Å². The van der Waals surface area contributed by atoms with Crippen molar-refractivity contribution in [3.63, 3.8) is 0 Å². The molecule has 3 aliphatic rings. The molecule has 0 radical (unpaired) electrons. The van der Waals surface area contributed by atoms with Crippen LogP contribution in [-0.2, 0) is 29.2 Å². The largest absolute Gasteiger partial charge is 0.508 e. The van der Waals surface area contributed by atoms with Gasteiger partial charge in [0, 0.05) is 18.8 Å². The van der Waals surface area contributed by atoms with E-state index in [0.29, 0.717) is 13.1 Å². The number of hydrogen-bond acceptors (Lipinski definition) is 10. The van der Waals surface area contributed by atoms with E-state index in [9.17, 15) is 19.2 Å². The van der Waals surface area contributed by atoms with Gasteiger partial charge < -0.3 is 44.2 Å². The number of alkyl carbamates (subject to hydrolysis) is 1. The van der Waals surface area contributed by atoms with E-state index in [1.165, 1.54) is 30.9 Å². The molecule has 3 aliphatic heterocycles. The number of aromatic nitrogens is 4. The number of aromatic amines is 2. The average molecular weight is 917 g/mol. The van der Waals surface area contributed by atoms with Crippen LogP contribution in [0, 0.1) is 25.7 Å². The fourth-order valence-corrected chi connectivity index (χ4v) is 10.7. The number of rotatable bonds is 11. The Morgan fingerprint density at radius 1 is 0.672 bits per heavy atom. The molecule has 3 N–H and O–H groups in total. The third-order valence-electron chi connectivity index (χ3n) is 14.4. The van der Waals surface area contributed by atoms with Gasteiger partial charge in [0.05, 0.1) is 60.5 Å². The summed E-state index contributed by atoms with van der Waals surface area (Å²) in [6, 6.07) is 16.6. The van der Waals surface area contributed by atoms with Crippen molar-refractivity contribution in [3.8, 4) is 0 Å². The van der Waals surface area contributed by atoms with Gasteiger partial charge in [-0.05, 0) is 122 Å². The number of carbonyl (C=O) groups excluding carboxylic acids is 4. The Labute approximate surface area is 393 Å². The van der Waals surface area contributed by atoms with Crippen LogP contribution in [0.4, 0.5) is 15.3 Å². The highest BCUT2D eigenvalue weighted by Crippen LogP contribution is 2.50. The van der Waals surface area contributed by atoms with Crippen molar-refractivity contribution in [1.82, 2.24) is 35.1 Å². The van der Waals surface area contributed by atoms with E-state index >= 15 is 0 Å². The first kappa shape index (κ1) is 47.4. The number of ether oxygens (including phenoxy) is 3. The van der Waals surface area contributed by atoms with Gasteiger partial charge in [0.15, 0.2) is 6.10 Å². The van der Waals surface area contributed by atoms with Crippen LogP contribution in [0.25, 0.3) is 22.1 Å². The Kier molecular flexibility index (Phi) is 13.3. The van der Waals surface area contributed by atoms with Crippen LogP contribution in [0.5, 0.6) is 0 Å². The number of fused-ring (bicyclic) bond motifs is 2. The molecular formula is C52H68N8O7. The molecule has 8 rings (SSSR count). The summed E-state index contributed by atoms with van der Waals surface area (Å²) < 4.78 is 15.0. The lowest BCUT2D eigenvalue weighted by atomic mass is 9.87. The van der Waals surface area contributed by atoms with Crippen LogP contribution in [0.15, 0.2) is 48.5 Å². The van der Waals surface area contributed by atoms with Crippen LogP contribution in [0.2, 0.25) is 0 Å². The van der Waals surface area contributed by atoms with Gasteiger partial charge >= 0.3 is 12.2 Å². The van der Waals surface area contributed by atoms with Gasteiger partial charge in [0.25, 0.3) is 5.91 Å². The zero-order valence-electron chi connectivity index (χ0n) is 41.0. The van der Waals surface area contributed by atoms with E-state index in [1.807, 2.05) is 32.6 Å². The van der Waals surface area contributed by atoms with Crippen LogP contribution in [0.1, 0.15) is 151 Å². The Morgan fingerprint density at radius 3 is 1.63 bits per heavy atom. The summed E-state index contributed by atoms with van der Waals surface area (Å²) in [5.41, 5.74) is 10.6. The number of H-pyrrole nitrogens is 2. The molecule has 3 saturated heterocycles. The van der Waals surface area contributed by atoms with Crippen LogP contribution < -0.4 is 10.2 Å². The summed E-state index contributed by atoms with van der Waals surface area (Å²) in [5.74, 6) is 0.737. The highest BCUT2D eigenvalue weighted by Gasteiger charge is 2.42. The molecule has 0 aliphatic carbocycles. The minimum absolute atomic E-state index is 0.00242. The number of aryl methyl sites for hydroxylation is 2. The van der Waals surface area contributed by atoms with E-state index in [1.54, 1.807) is 4.90 Å². The number of carbonyl (C=O) groups is 4.